The molecule has 1 aromatic heterocycles. The van der Waals surface area contributed by atoms with Crippen LogP contribution in [0.2, 0.25) is 0 Å². The minimum absolute atomic E-state index is 0.00524. The van der Waals surface area contributed by atoms with Gasteiger partial charge in [0.05, 0.1) is 5.56 Å². The standard InChI is InChI=1S/C11H10N4O3/c12-9(18)11-14-13-10-8-5(1-2-15(10)11)3-6(16)4-7(8)17/h3-4,16-17H,1-2H2,(H2,12,18). The Morgan fingerprint density at radius 3 is 2.83 bits per heavy atom. The largest absolute Gasteiger partial charge is 0.508 e. The molecule has 1 aliphatic rings. The van der Waals surface area contributed by atoms with Crippen LogP contribution >= 0.6 is 0 Å². The summed E-state index contributed by atoms with van der Waals surface area (Å²) in [6, 6.07) is 2.80. The Morgan fingerprint density at radius 2 is 2.11 bits per heavy atom. The summed E-state index contributed by atoms with van der Waals surface area (Å²) >= 11 is 0. The first-order valence-corrected chi connectivity index (χ1v) is 5.36. The van der Waals surface area contributed by atoms with E-state index in [1.807, 2.05) is 0 Å². The number of phenolic OH excluding ortho intramolecular Hbond substituents is 2. The molecule has 0 atom stereocenters. The molecule has 1 aliphatic heterocycles. The van der Waals surface area contributed by atoms with E-state index in [0.29, 0.717) is 24.4 Å². The maximum atomic E-state index is 11.2. The van der Waals surface area contributed by atoms with Crippen molar-refractivity contribution in [2.75, 3.05) is 0 Å². The van der Waals surface area contributed by atoms with E-state index in [4.69, 9.17) is 5.73 Å². The lowest BCUT2D eigenvalue weighted by atomic mass is 9.99. The number of fused-ring (bicyclic) bond motifs is 3. The number of phenols is 2. The van der Waals surface area contributed by atoms with E-state index in [9.17, 15) is 15.0 Å². The molecule has 0 saturated carbocycles. The third-order valence-corrected chi connectivity index (χ3v) is 2.98. The van der Waals surface area contributed by atoms with E-state index < -0.39 is 5.91 Å². The van der Waals surface area contributed by atoms with E-state index in [-0.39, 0.29) is 17.3 Å². The van der Waals surface area contributed by atoms with Gasteiger partial charge in [0.1, 0.15) is 11.5 Å². The highest BCUT2D eigenvalue weighted by Crippen LogP contribution is 2.38. The van der Waals surface area contributed by atoms with Gasteiger partial charge in [-0.2, -0.15) is 0 Å². The number of hydrogen-bond acceptors (Lipinski definition) is 5. The van der Waals surface area contributed by atoms with Crippen LogP contribution in [0.4, 0.5) is 0 Å². The van der Waals surface area contributed by atoms with Crippen molar-refractivity contribution in [1.29, 1.82) is 0 Å². The van der Waals surface area contributed by atoms with Crippen LogP contribution in [-0.4, -0.2) is 30.9 Å². The van der Waals surface area contributed by atoms with Crippen molar-refractivity contribution in [1.82, 2.24) is 14.8 Å². The number of benzene rings is 1. The van der Waals surface area contributed by atoms with E-state index in [1.54, 1.807) is 10.6 Å². The number of carbonyl (C=O) groups excluding carboxylic acids is 1. The number of aryl methyl sites for hydroxylation is 1. The van der Waals surface area contributed by atoms with Crippen molar-refractivity contribution in [3.05, 3.63) is 23.5 Å². The van der Waals surface area contributed by atoms with Gasteiger partial charge in [0.25, 0.3) is 5.91 Å². The van der Waals surface area contributed by atoms with Gasteiger partial charge in [0, 0.05) is 12.6 Å². The number of rotatable bonds is 1. The zero-order valence-corrected chi connectivity index (χ0v) is 9.29. The van der Waals surface area contributed by atoms with Crippen molar-refractivity contribution in [2.45, 2.75) is 13.0 Å². The Morgan fingerprint density at radius 1 is 1.33 bits per heavy atom. The molecule has 0 fully saturated rings. The molecular weight excluding hydrogens is 236 g/mol. The number of hydrogen-bond donors (Lipinski definition) is 3. The van der Waals surface area contributed by atoms with E-state index >= 15 is 0 Å². The molecule has 1 aromatic carbocycles. The lowest BCUT2D eigenvalue weighted by Crippen LogP contribution is -2.21. The van der Waals surface area contributed by atoms with Gasteiger partial charge >= 0.3 is 0 Å². The molecule has 1 amide bonds. The highest BCUT2D eigenvalue weighted by molar-refractivity contribution is 5.90. The summed E-state index contributed by atoms with van der Waals surface area (Å²) in [6.45, 7) is 0.483. The minimum Gasteiger partial charge on any atom is -0.508 e. The number of aromatic nitrogens is 3. The first-order chi connectivity index (χ1) is 8.58. The SMILES string of the molecule is NC(=O)c1nnc2n1CCc1cc(O)cc(O)c1-2. The predicted octanol–water partition coefficient (Wildman–Crippen LogP) is 0.0113. The monoisotopic (exact) mass is 246 g/mol. The zero-order chi connectivity index (χ0) is 12.9. The van der Waals surface area contributed by atoms with Crippen LogP contribution in [-0.2, 0) is 13.0 Å². The maximum absolute atomic E-state index is 11.2. The Labute approximate surface area is 101 Å². The Kier molecular flexibility index (Phi) is 2.03. The number of nitrogens with zero attached hydrogens (tertiary/aromatic N) is 3. The first kappa shape index (κ1) is 10.6. The van der Waals surface area contributed by atoms with Gasteiger partial charge in [-0.25, -0.2) is 0 Å². The van der Waals surface area contributed by atoms with Crippen LogP contribution in [0.15, 0.2) is 12.1 Å². The Balaban J connectivity index is 2.27. The molecule has 0 spiro atoms. The molecule has 0 unspecified atom stereocenters. The summed E-state index contributed by atoms with van der Waals surface area (Å²) in [5.41, 5.74) is 6.45. The number of amides is 1. The third-order valence-electron chi connectivity index (χ3n) is 2.98. The van der Waals surface area contributed by atoms with E-state index in [0.717, 1.165) is 5.56 Å². The minimum atomic E-state index is -0.657. The predicted molar refractivity (Wildman–Crippen MR) is 61.0 cm³/mol. The summed E-state index contributed by atoms with van der Waals surface area (Å²) in [5, 5.41) is 26.9. The van der Waals surface area contributed by atoms with Gasteiger partial charge in [-0.05, 0) is 18.1 Å². The average Bonchev–Trinajstić information content (AvgIpc) is 2.71. The molecular formula is C11H10N4O3. The van der Waals surface area contributed by atoms with Crippen molar-refractivity contribution in [2.24, 2.45) is 5.73 Å². The number of carbonyl (C=O) groups is 1. The normalized spacial score (nSPS) is 12.9. The Hall–Kier alpha value is -2.57. The molecule has 18 heavy (non-hydrogen) atoms. The van der Waals surface area contributed by atoms with Crippen molar-refractivity contribution in [3.63, 3.8) is 0 Å². The summed E-state index contributed by atoms with van der Waals surface area (Å²) < 4.78 is 1.57. The molecule has 7 nitrogen and oxygen atoms in total. The highest BCUT2D eigenvalue weighted by atomic mass is 16.3. The molecule has 0 radical (unpaired) electrons. The topological polar surface area (TPSA) is 114 Å². The first-order valence-electron chi connectivity index (χ1n) is 5.36. The van der Waals surface area contributed by atoms with Crippen LogP contribution in [0.1, 0.15) is 16.2 Å². The van der Waals surface area contributed by atoms with Crippen LogP contribution in [0.5, 0.6) is 11.5 Å². The van der Waals surface area contributed by atoms with Gasteiger partial charge in [0.15, 0.2) is 5.82 Å². The molecule has 4 N–H and O–H groups in total. The molecule has 0 bridgehead atoms. The summed E-state index contributed by atoms with van der Waals surface area (Å²) in [4.78, 5) is 11.2. The number of primary amides is 1. The second-order valence-corrected chi connectivity index (χ2v) is 4.11. The lowest BCUT2D eigenvalue weighted by molar-refractivity contribution is 0.0986. The van der Waals surface area contributed by atoms with E-state index in [2.05, 4.69) is 10.2 Å². The maximum Gasteiger partial charge on any atom is 0.286 e. The third kappa shape index (κ3) is 1.33. The van der Waals surface area contributed by atoms with Crippen molar-refractivity contribution < 1.29 is 15.0 Å². The Bertz CT molecular complexity index is 663. The zero-order valence-electron chi connectivity index (χ0n) is 9.29. The molecule has 0 aliphatic carbocycles. The van der Waals surface area contributed by atoms with Gasteiger partial charge in [-0.1, -0.05) is 0 Å². The van der Waals surface area contributed by atoms with Crippen LogP contribution in [0.3, 0.4) is 0 Å². The van der Waals surface area contributed by atoms with Gasteiger partial charge in [-0.3, -0.25) is 4.79 Å². The lowest BCUT2D eigenvalue weighted by Gasteiger charge is -2.19. The second-order valence-electron chi connectivity index (χ2n) is 4.11. The summed E-state index contributed by atoms with van der Waals surface area (Å²) in [5.74, 6) is -0.287. The summed E-state index contributed by atoms with van der Waals surface area (Å²) in [6.07, 6.45) is 0.558. The van der Waals surface area contributed by atoms with E-state index in [1.165, 1.54) is 6.07 Å². The number of nitrogens with two attached hydrogens (primary N) is 1. The van der Waals surface area contributed by atoms with Gasteiger partial charge < -0.3 is 20.5 Å². The van der Waals surface area contributed by atoms with Crippen LogP contribution in [0.25, 0.3) is 11.4 Å². The van der Waals surface area contributed by atoms with Crippen LogP contribution < -0.4 is 5.73 Å². The van der Waals surface area contributed by atoms with Crippen molar-refractivity contribution >= 4 is 5.91 Å². The second kappa shape index (κ2) is 3.46. The van der Waals surface area contributed by atoms with Gasteiger partial charge in [-0.15, -0.1) is 10.2 Å². The summed E-state index contributed by atoms with van der Waals surface area (Å²) in [7, 11) is 0. The molecule has 2 heterocycles. The van der Waals surface area contributed by atoms with Gasteiger partial charge in [0.2, 0.25) is 5.82 Å². The molecule has 3 rings (SSSR count). The quantitative estimate of drug-likeness (QED) is 0.655. The number of aromatic hydroxyl groups is 2. The molecule has 0 saturated heterocycles. The van der Waals surface area contributed by atoms with Crippen LogP contribution in [0, 0.1) is 0 Å². The fraction of sp³-hybridized carbons (Fsp3) is 0.182. The molecule has 7 heteroatoms. The molecule has 2 aromatic rings. The highest BCUT2D eigenvalue weighted by Gasteiger charge is 2.26. The fourth-order valence-corrected chi connectivity index (χ4v) is 2.24. The molecule has 92 valence electrons. The smallest absolute Gasteiger partial charge is 0.286 e. The fourth-order valence-electron chi connectivity index (χ4n) is 2.24. The average molecular weight is 246 g/mol. The van der Waals surface area contributed by atoms with Crippen molar-refractivity contribution in [3.8, 4) is 22.9 Å².